The minimum Gasteiger partial charge on any atom is -0.348 e. The Morgan fingerprint density at radius 2 is 2.31 bits per heavy atom. The molecule has 1 heterocycles. The first-order valence-electron chi connectivity index (χ1n) is 5.41. The third-order valence-electron chi connectivity index (χ3n) is 2.14. The number of carbonyl (C=O) groups excluding carboxylic acids is 1. The zero-order valence-electron chi connectivity index (χ0n) is 9.91. The van der Waals surface area contributed by atoms with Crippen LogP contribution in [0.5, 0.6) is 0 Å². The Balaban J connectivity index is 2.29. The lowest BCUT2D eigenvalue weighted by Gasteiger charge is -2.10. The molecule has 0 aromatic carbocycles. The van der Waals surface area contributed by atoms with Gasteiger partial charge in [0.25, 0.3) is 0 Å². The van der Waals surface area contributed by atoms with Gasteiger partial charge in [0.2, 0.25) is 11.8 Å². The van der Waals surface area contributed by atoms with Gasteiger partial charge in [0.1, 0.15) is 0 Å². The molecule has 0 radical (unpaired) electrons. The molecular weight excluding hydrogens is 208 g/mol. The SMILES string of the molecule is CCNCC(C)C(=O)NCc1noc(C)n1. The van der Waals surface area contributed by atoms with Gasteiger partial charge in [-0.1, -0.05) is 19.0 Å². The quantitative estimate of drug-likeness (QED) is 0.726. The molecule has 90 valence electrons. The molecule has 1 unspecified atom stereocenters. The van der Waals surface area contributed by atoms with E-state index < -0.39 is 0 Å². The first-order chi connectivity index (χ1) is 7.63. The van der Waals surface area contributed by atoms with Crippen LogP contribution in [0, 0.1) is 12.8 Å². The Bertz CT molecular complexity index is 337. The number of nitrogens with zero attached hydrogens (tertiary/aromatic N) is 2. The number of nitrogens with one attached hydrogen (secondary N) is 2. The van der Waals surface area contributed by atoms with Crippen molar-refractivity contribution in [1.82, 2.24) is 20.8 Å². The molecule has 1 amide bonds. The summed E-state index contributed by atoms with van der Waals surface area (Å²) in [7, 11) is 0. The molecule has 0 aliphatic carbocycles. The highest BCUT2D eigenvalue weighted by Gasteiger charge is 2.12. The molecule has 1 atom stereocenters. The van der Waals surface area contributed by atoms with Crippen LogP contribution in [0.3, 0.4) is 0 Å². The van der Waals surface area contributed by atoms with Gasteiger partial charge in [-0.3, -0.25) is 4.79 Å². The van der Waals surface area contributed by atoms with Crippen molar-refractivity contribution in [1.29, 1.82) is 0 Å². The number of carbonyl (C=O) groups is 1. The summed E-state index contributed by atoms with van der Waals surface area (Å²) < 4.78 is 4.80. The summed E-state index contributed by atoms with van der Waals surface area (Å²) in [4.78, 5) is 15.6. The summed E-state index contributed by atoms with van der Waals surface area (Å²) in [6.45, 7) is 7.44. The number of aromatic nitrogens is 2. The van der Waals surface area contributed by atoms with Gasteiger partial charge < -0.3 is 15.2 Å². The summed E-state index contributed by atoms with van der Waals surface area (Å²) >= 11 is 0. The van der Waals surface area contributed by atoms with E-state index >= 15 is 0 Å². The lowest BCUT2D eigenvalue weighted by atomic mass is 10.1. The highest BCUT2D eigenvalue weighted by atomic mass is 16.5. The molecule has 0 bridgehead atoms. The minimum atomic E-state index is -0.0621. The van der Waals surface area contributed by atoms with E-state index in [0.717, 1.165) is 6.54 Å². The second-order valence-electron chi connectivity index (χ2n) is 3.66. The fourth-order valence-electron chi connectivity index (χ4n) is 1.21. The van der Waals surface area contributed by atoms with E-state index in [2.05, 4.69) is 20.8 Å². The van der Waals surface area contributed by atoms with Crippen molar-refractivity contribution >= 4 is 5.91 Å². The van der Waals surface area contributed by atoms with E-state index in [1.54, 1.807) is 6.92 Å². The number of hydrogen-bond donors (Lipinski definition) is 2. The van der Waals surface area contributed by atoms with Crippen molar-refractivity contribution < 1.29 is 9.32 Å². The molecule has 16 heavy (non-hydrogen) atoms. The topological polar surface area (TPSA) is 80.0 Å². The Hall–Kier alpha value is -1.43. The molecule has 0 saturated carbocycles. The Morgan fingerprint density at radius 3 is 2.88 bits per heavy atom. The molecule has 0 saturated heterocycles. The fourth-order valence-corrected chi connectivity index (χ4v) is 1.21. The zero-order chi connectivity index (χ0) is 12.0. The van der Waals surface area contributed by atoms with Gasteiger partial charge in [-0.2, -0.15) is 4.98 Å². The summed E-state index contributed by atoms with van der Waals surface area (Å²) in [6.07, 6.45) is 0. The van der Waals surface area contributed by atoms with Crippen molar-refractivity contribution in [2.24, 2.45) is 5.92 Å². The average molecular weight is 226 g/mol. The fraction of sp³-hybridized carbons (Fsp3) is 0.700. The van der Waals surface area contributed by atoms with Crippen LogP contribution in [0.15, 0.2) is 4.52 Å². The number of aryl methyl sites for hydroxylation is 1. The van der Waals surface area contributed by atoms with Crippen molar-refractivity contribution in [3.8, 4) is 0 Å². The summed E-state index contributed by atoms with van der Waals surface area (Å²) in [5.41, 5.74) is 0. The van der Waals surface area contributed by atoms with E-state index in [-0.39, 0.29) is 11.8 Å². The molecule has 0 spiro atoms. The summed E-state index contributed by atoms with van der Waals surface area (Å²) in [5, 5.41) is 9.57. The highest BCUT2D eigenvalue weighted by Crippen LogP contribution is 1.96. The monoisotopic (exact) mass is 226 g/mol. The van der Waals surface area contributed by atoms with E-state index in [9.17, 15) is 4.79 Å². The number of rotatable bonds is 6. The Kier molecular flexibility index (Phi) is 4.91. The second kappa shape index (κ2) is 6.22. The van der Waals surface area contributed by atoms with Crippen LogP contribution < -0.4 is 10.6 Å². The standard InChI is InChI=1S/C10H18N4O2/c1-4-11-5-7(2)10(15)12-6-9-13-8(3)16-14-9/h7,11H,4-6H2,1-3H3,(H,12,15). The van der Waals surface area contributed by atoms with Gasteiger partial charge in [0, 0.05) is 19.4 Å². The van der Waals surface area contributed by atoms with Crippen LogP contribution >= 0.6 is 0 Å². The smallest absolute Gasteiger partial charge is 0.224 e. The van der Waals surface area contributed by atoms with Crippen LogP contribution in [0.2, 0.25) is 0 Å². The van der Waals surface area contributed by atoms with Gasteiger partial charge >= 0.3 is 0 Å². The maximum Gasteiger partial charge on any atom is 0.224 e. The van der Waals surface area contributed by atoms with Crippen LogP contribution in [-0.4, -0.2) is 29.1 Å². The first-order valence-corrected chi connectivity index (χ1v) is 5.41. The van der Waals surface area contributed by atoms with Crippen molar-refractivity contribution in [3.63, 3.8) is 0 Å². The van der Waals surface area contributed by atoms with E-state index in [1.165, 1.54) is 0 Å². The normalized spacial score (nSPS) is 12.4. The molecule has 1 aromatic rings. The van der Waals surface area contributed by atoms with Crippen LogP contribution in [0.1, 0.15) is 25.6 Å². The first kappa shape index (κ1) is 12.6. The number of amides is 1. The average Bonchev–Trinajstić information content (AvgIpc) is 2.68. The highest BCUT2D eigenvalue weighted by molar-refractivity contribution is 5.78. The summed E-state index contributed by atoms with van der Waals surface area (Å²) in [6, 6.07) is 0. The van der Waals surface area contributed by atoms with Crippen LogP contribution in [0.4, 0.5) is 0 Å². The molecule has 6 heteroatoms. The maximum atomic E-state index is 11.6. The predicted octanol–water partition coefficient (Wildman–Crippen LogP) is 0.240. The van der Waals surface area contributed by atoms with Gasteiger partial charge in [0.15, 0.2) is 5.82 Å². The van der Waals surface area contributed by atoms with E-state index in [1.807, 2.05) is 13.8 Å². The molecular formula is C10H18N4O2. The molecule has 1 rings (SSSR count). The van der Waals surface area contributed by atoms with Crippen LogP contribution in [0.25, 0.3) is 0 Å². The van der Waals surface area contributed by atoms with Crippen LogP contribution in [-0.2, 0) is 11.3 Å². The van der Waals surface area contributed by atoms with E-state index in [0.29, 0.717) is 24.8 Å². The zero-order valence-corrected chi connectivity index (χ0v) is 9.91. The molecule has 1 aromatic heterocycles. The predicted molar refractivity (Wildman–Crippen MR) is 58.6 cm³/mol. The van der Waals surface area contributed by atoms with Gasteiger partial charge in [-0.05, 0) is 6.54 Å². The lowest BCUT2D eigenvalue weighted by molar-refractivity contribution is -0.124. The third kappa shape index (κ3) is 3.98. The molecule has 0 fully saturated rings. The minimum absolute atomic E-state index is 0.0107. The lowest BCUT2D eigenvalue weighted by Crippen LogP contribution is -2.35. The Labute approximate surface area is 94.8 Å². The molecule has 2 N–H and O–H groups in total. The van der Waals surface area contributed by atoms with Crippen molar-refractivity contribution in [2.45, 2.75) is 27.3 Å². The maximum absolute atomic E-state index is 11.6. The van der Waals surface area contributed by atoms with Gasteiger partial charge in [-0.15, -0.1) is 0 Å². The molecule has 0 aliphatic rings. The van der Waals surface area contributed by atoms with Crippen molar-refractivity contribution in [2.75, 3.05) is 13.1 Å². The van der Waals surface area contributed by atoms with Gasteiger partial charge in [-0.25, -0.2) is 0 Å². The number of hydrogen-bond acceptors (Lipinski definition) is 5. The second-order valence-corrected chi connectivity index (χ2v) is 3.66. The Morgan fingerprint density at radius 1 is 1.56 bits per heavy atom. The van der Waals surface area contributed by atoms with Gasteiger partial charge in [0.05, 0.1) is 6.54 Å². The molecule has 6 nitrogen and oxygen atoms in total. The largest absolute Gasteiger partial charge is 0.348 e. The third-order valence-corrected chi connectivity index (χ3v) is 2.14. The molecule has 0 aliphatic heterocycles. The van der Waals surface area contributed by atoms with E-state index in [4.69, 9.17) is 4.52 Å². The van der Waals surface area contributed by atoms with Crippen molar-refractivity contribution in [3.05, 3.63) is 11.7 Å². The summed E-state index contributed by atoms with van der Waals surface area (Å²) in [5.74, 6) is 0.933.